The van der Waals surface area contributed by atoms with Gasteiger partial charge < -0.3 is 19.3 Å². The van der Waals surface area contributed by atoms with Crippen molar-refractivity contribution in [2.75, 3.05) is 19.7 Å². The SMILES string of the molecule is Cc1cccc(-c2cn(COCC[Si](C)(C)C)c3ncc(-c4cc5n(n4)CCC54CCN(C(=O)O)C4)cc23)c1. The highest BCUT2D eigenvalue weighted by atomic mass is 28.3. The molecular weight excluding hydrogens is 506 g/mol. The number of pyridine rings is 1. The Morgan fingerprint density at radius 3 is 2.69 bits per heavy atom. The molecule has 8 nitrogen and oxygen atoms in total. The van der Waals surface area contributed by atoms with Gasteiger partial charge in [0.25, 0.3) is 0 Å². The van der Waals surface area contributed by atoms with Gasteiger partial charge in [-0.05, 0) is 43.5 Å². The zero-order chi connectivity index (χ0) is 27.4. The third-order valence-electron chi connectivity index (χ3n) is 8.32. The van der Waals surface area contributed by atoms with Gasteiger partial charge in [0, 0.05) is 74.3 Å². The Hall–Kier alpha value is -3.43. The summed E-state index contributed by atoms with van der Waals surface area (Å²) in [6.07, 6.45) is 5.02. The molecule has 1 fully saturated rings. The largest absolute Gasteiger partial charge is 0.465 e. The minimum atomic E-state index is -1.16. The van der Waals surface area contributed by atoms with E-state index in [4.69, 9.17) is 14.8 Å². The van der Waals surface area contributed by atoms with Gasteiger partial charge in [-0.15, -0.1) is 0 Å². The molecule has 0 radical (unpaired) electrons. The summed E-state index contributed by atoms with van der Waals surface area (Å²) in [4.78, 5) is 18.0. The maximum absolute atomic E-state index is 11.6. The Morgan fingerprint density at radius 1 is 1.13 bits per heavy atom. The van der Waals surface area contributed by atoms with E-state index in [-0.39, 0.29) is 5.41 Å². The Morgan fingerprint density at radius 2 is 1.95 bits per heavy atom. The Balaban J connectivity index is 1.35. The molecule has 204 valence electrons. The quantitative estimate of drug-likeness (QED) is 0.221. The van der Waals surface area contributed by atoms with Crippen LogP contribution in [0.2, 0.25) is 25.7 Å². The smallest absolute Gasteiger partial charge is 0.407 e. The van der Waals surface area contributed by atoms with Crippen LogP contribution in [0.3, 0.4) is 0 Å². The lowest BCUT2D eigenvalue weighted by atomic mass is 9.82. The van der Waals surface area contributed by atoms with E-state index in [1.165, 1.54) is 5.56 Å². The van der Waals surface area contributed by atoms with E-state index in [0.29, 0.717) is 19.8 Å². The fourth-order valence-electron chi connectivity index (χ4n) is 6.05. The number of benzene rings is 1. The van der Waals surface area contributed by atoms with Crippen LogP contribution in [0.5, 0.6) is 0 Å². The van der Waals surface area contributed by atoms with Crippen molar-refractivity contribution in [2.24, 2.45) is 0 Å². The second-order valence-electron chi connectivity index (χ2n) is 12.4. The molecule has 1 atom stereocenters. The highest BCUT2D eigenvalue weighted by Crippen LogP contribution is 2.44. The first-order valence-electron chi connectivity index (χ1n) is 13.8. The summed E-state index contributed by atoms with van der Waals surface area (Å²) >= 11 is 0. The predicted molar refractivity (Wildman–Crippen MR) is 156 cm³/mol. The van der Waals surface area contributed by atoms with Crippen molar-refractivity contribution in [1.29, 1.82) is 0 Å². The van der Waals surface area contributed by atoms with Gasteiger partial charge in [-0.3, -0.25) is 4.68 Å². The molecule has 1 saturated heterocycles. The van der Waals surface area contributed by atoms with Crippen LogP contribution in [-0.2, 0) is 23.4 Å². The van der Waals surface area contributed by atoms with Crippen molar-refractivity contribution >= 4 is 25.2 Å². The van der Waals surface area contributed by atoms with Crippen LogP contribution in [0, 0.1) is 6.92 Å². The molecular formula is C30H37N5O3Si. The van der Waals surface area contributed by atoms with Crippen molar-refractivity contribution in [3.63, 3.8) is 0 Å². The number of hydrogen-bond donors (Lipinski definition) is 1. The van der Waals surface area contributed by atoms with Crippen LogP contribution in [0.15, 0.2) is 48.8 Å². The van der Waals surface area contributed by atoms with Crippen LogP contribution < -0.4 is 0 Å². The number of carboxylic acid groups (broad SMARTS) is 1. The van der Waals surface area contributed by atoms with Crippen molar-refractivity contribution in [1.82, 2.24) is 24.2 Å². The first-order chi connectivity index (χ1) is 18.6. The molecule has 2 aliphatic heterocycles. The number of hydrogen-bond acceptors (Lipinski definition) is 4. The van der Waals surface area contributed by atoms with Crippen LogP contribution in [0.25, 0.3) is 33.4 Å². The number of amides is 1. The van der Waals surface area contributed by atoms with Gasteiger partial charge in [-0.25, -0.2) is 9.78 Å². The van der Waals surface area contributed by atoms with E-state index in [2.05, 4.69) is 78.4 Å². The summed E-state index contributed by atoms with van der Waals surface area (Å²) in [5.74, 6) is 0. The van der Waals surface area contributed by atoms with Crippen molar-refractivity contribution in [2.45, 2.75) is 64.1 Å². The molecule has 1 aromatic carbocycles. The molecule has 0 bridgehead atoms. The minimum absolute atomic E-state index is 0.134. The highest BCUT2D eigenvalue weighted by molar-refractivity contribution is 6.76. The molecule has 6 rings (SSSR count). The Labute approximate surface area is 230 Å². The predicted octanol–water partition coefficient (Wildman–Crippen LogP) is 6.21. The van der Waals surface area contributed by atoms with E-state index in [0.717, 1.165) is 71.1 Å². The van der Waals surface area contributed by atoms with Crippen molar-refractivity contribution in [3.8, 4) is 22.4 Å². The molecule has 9 heteroatoms. The fraction of sp³-hybridized carbons (Fsp3) is 0.433. The third kappa shape index (κ3) is 4.89. The average Bonchev–Trinajstić information content (AvgIpc) is 3.65. The Kier molecular flexibility index (Phi) is 6.38. The number of aromatic nitrogens is 4. The molecule has 5 heterocycles. The molecule has 39 heavy (non-hydrogen) atoms. The molecule has 1 N–H and O–H groups in total. The van der Waals surface area contributed by atoms with Gasteiger partial charge >= 0.3 is 6.09 Å². The second-order valence-corrected chi connectivity index (χ2v) is 18.1. The summed E-state index contributed by atoms with van der Waals surface area (Å²) in [6.45, 7) is 12.4. The summed E-state index contributed by atoms with van der Waals surface area (Å²) in [6, 6.07) is 14.0. The maximum atomic E-state index is 11.6. The number of ether oxygens (including phenoxy) is 1. The van der Waals surface area contributed by atoms with Crippen molar-refractivity contribution in [3.05, 3.63) is 60.0 Å². The number of aryl methyl sites for hydroxylation is 2. The summed E-state index contributed by atoms with van der Waals surface area (Å²) < 4.78 is 10.3. The van der Waals surface area contributed by atoms with E-state index < -0.39 is 14.2 Å². The maximum Gasteiger partial charge on any atom is 0.407 e. The zero-order valence-corrected chi connectivity index (χ0v) is 24.3. The second kappa shape index (κ2) is 9.64. The normalized spacial score (nSPS) is 18.9. The monoisotopic (exact) mass is 543 g/mol. The lowest BCUT2D eigenvalue weighted by Crippen LogP contribution is -2.32. The number of nitrogens with zero attached hydrogens (tertiary/aromatic N) is 5. The lowest BCUT2D eigenvalue weighted by Gasteiger charge is -2.21. The molecule has 3 aromatic heterocycles. The van der Waals surface area contributed by atoms with E-state index in [1.54, 1.807) is 4.90 Å². The van der Waals surface area contributed by atoms with Gasteiger partial charge in [0.1, 0.15) is 12.4 Å². The molecule has 0 aliphatic carbocycles. The van der Waals surface area contributed by atoms with Crippen LogP contribution in [0.1, 0.15) is 24.1 Å². The van der Waals surface area contributed by atoms with Crippen molar-refractivity contribution < 1.29 is 14.6 Å². The summed E-state index contributed by atoms with van der Waals surface area (Å²) in [5, 5.41) is 15.5. The number of carbonyl (C=O) groups is 1. The van der Waals surface area contributed by atoms with E-state index in [9.17, 15) is 9.90 Å². The topological polar surface area (TPSA) is 85.4 Å². The molecule has 1 unspecified atom stereocenters. The van der Waals surface area contributed by atoms with Gasteiger partial charge in [-0.2, -0.15) is 5.10 Å². The average molecular weight is 544 g/mol. The number of fused-ring (bicyclic) bond motifs is 3. The molecule has 2 aliphatic rings. The highest BCUT2D eigenvalue weighted by Gasteiger charge is 2.47. The molecule has 1 amide bonds. The minimum Gasteiger partial charge on any atom is -0.465 e. The van der Waals surface area contributed by atoms with Gasteiger partial charge in [-0.1, -0.05) is 49.5 Å². The molecule has 0 saturated carbocycles. The first kappa shape index (κ1) is 25.8. The number of rotatable bonds is 7. The van der Waals surface area contributed by atoms with E-state index in [1.807, 2.05) is 6.20 Å². The summed E-state index contributed by atoms with van der Waals surface area (Å²) in [5.41, 5.74) is 7.28. The van der Waals surface area contributed by atoms with Gasteiger partial charge in [0.2, 0.25) is 0 Å². The van der Waals surface area contributed by atoms with E-state index >= 15 is 0 Å². The Bertz CT molecular complexity index is 1550. The fourth-order valence-corrected chi connectivity index (χ4v) is 6.80. The molecule has 1 spiro atoms. The third-order valence-corrected chi connectivity index (χ3v) is 10.0. The van der Waals surface area contributed by atoms with Gasteiger partial charge in [0.15, 0.2) is 0 Å². The lowest BCUT2D eigenvalue weighted by molar-refractivity contribution is 0.0899. The summed E-state index contributed by atoms with van der Waals surface area (Å²) in [7, 11) is -1.16. The standard InChI is InChI=1S/C30H37N5O3Si/c1-21-6-5-7-22(14-21)25-18-34(20-38-12-13-39(2,3)4)28-24(25)15-23(17-31-28)26-16-27-30(9-11-35(27)32-26)8-10-33(19-30)29(36)37/h5-7,14-18H,8-13,19-20H2,1-4H3,(H,36,37). The van der Waals surface area contributed by atoms with Crippen LogP contribution in [-0.4, -0.2) is 63.2 Å². The first-order valence-corrected chi connectivity index (χ1v) is 17.5. The zero-order valence-electron chi connectivity index (χ0n) is 23.3. The van der Waals surface area contributed by atoms with Crippen LogP contribution >= 0.6 is 0 Å². The van der Waals surface area contributed by atoms with Gasteiger partial charge in [0.05, 0.1) is 5.69 Å². The molecule has 4 aromatic rings. The van der Waals surface area contributed by atoms with Crippen LogP contribution in [0.4, 0.5) is 4.79 Å². The number of likely N-dealkylation sites (tertiary alicyclic amines) is 1.